The van der Waals surface area contributed by atoms with Gasteiger partial charge in [0.25, 0.3) is 6.01 Å². The first-order valence-corrected chi connectivity index (χ1v) is 4.43. The monoisotopic (exact) mass is 178 g/mol. The van der Waals surface area contributed by atoms with Gasteiger partial charge in [0.15, 0.2) is 5.58 Å². The van der Waals surface area contributed by atoms with Crippen LogP contribution in [0, 0.1) is 0 Å². The predicted octanol–water partition coefficient (Wildman–Crippen LogP) is 2.90. The third-order valence-electron chi connectivity index (χ3n) is 1.51. The highest BCUT2D eigenvalue weighted by atomic mass is 16.4. The molecule has 2 aromatic rings. The summed E-state index contributed by atoms with van der Waals surface area (Å²) in [6.45, 7) is 4.00. The van der Waals surface area contributed by atoms with E-state index in [0.29, 0.717) is 6.01 Å². The average molecular weight is 178 g/mol. The third-order valence-corrected chi connectivity index (χ3v) is 1.51. The molecule has 0 unspecified atom stereocenters. The van der Waals surface area contributed by atoms with Gasteiger partial charge in [-0.1, -0.05) is 26.0 Å². The van der Waals surface area contributed by atoms with Crippen LogP contribution in [0.25, 0.3) is 11.1 Å². The van der Waals surface area contributed by atoms with Crippen molar-refractivity contribution in [3.05, 3.63) is 24.3 Å². The molecule has 0 radical (unpaired) electrons. The van der Waals surface area contributed by atoms with Crippen LogP contribution < -0.4 is 5.32 Å². The van der Waals surface area contributed by atoms with Crippen LogP contribution in [0.2, 0.25) is 0 Å². The molecule has 0 atom stereocenters. The summed E-state index contributed by atoms with van der Waals surface area (Å²) in [7, 11) is 1.78. The summed E-state index contributed by atoms with van der Waals surface area (Å²) in [5, 5.41) is 2.84. The zero-order chi connectivity index (χ0) is 9.68. The van der Waals surface area contributed by atoms with Crippen LogP contribution in [-0.2, 0) is 0 Å². The van der Waals surface area contributed by atoms with Crippen LogP contribution in [0.4, 0.5) is 6.01 Å². The molecule has 3 heteroatoms. The van der Waals surface area contributed by atoms with Gasteiger partial charge in [0.05, 0.1) is 0 Å². The van der Waals surface area contributed by atoms with Crippen LogP contribution in [-0.4, -0.2) is 12.0 Å². The number of hydrogen-bond donors (Lipinski definition) is 1. The molecule has 1 aromatic carbocycles. The largest absolute Gasteiger partial charge is 0.424 e. The molecule has 1 aromatic heterocycles. The second kappa shape index (κ2) is 4.50. The van der Waals surface area contributed by atoms with Crippen molar-refractivity contribution >= 4 is 17.1 Å². The number of nitrogens with zero attached hydrogens (tertiary/aromatic N) is 1. The second-order valence-electron chi connectivity index (χ2n) is 2.24. The zero-order valence-corrected chi connectivity index (χ0v) is 8.16. The average Bonchev–Trinajstić information content (AvgIpc) is 2.63. The Morgan fingerprint density at radius 1 is 1.23 bits per heavy atom. The molecule has 0 saturated heterocycles. The highest BCUT2D eigenvalue weighted by Gasteiger charge is 2.00. The molecule has 0 aliphatic rings. The van der Waals surface area contributed by atoms with E-state index in [-0.39, 0.29) is 0 Å². The van der Waals surface area contributed by atoms with E-state index in [1.165, 1.54) is 0 Å². The molecular weight excluding hydrogens is 164 g/mol. The number of anilines is 1. The van der Waals surface area contributed by atoms with Gasteiger partial charge in [-0.2, -0.15) is 4.98 Å². The van der Waals surface area contributed by atoms with Crippen molar-refractivity contribution < 1.29 is 4.42 Å². The fraction of sp³-hybridized carbons (Fsp3) is 0.300. The number of oxazole rings is 1. The number of hydrogen-bond acceptors (Lipinski definition) is 3. The van der Waals surface area contributed by atoms with Crippen LogP contribution in [0.15, 0.2) is 28.7 Å². The summed E-state index contributed by atoms with van der Waals surface area (Å²) in [6, 6.07) is 8.23. The fourth-order valence-corrected chi connectivity index (χ4v) is 0.979. The Bertz CT molecular complexity index is 335. The molecule has 13 heavy (non-hydrogen) atoms. The van der Waals surface area contributed by atoms with Crippen LogP contribution in [0.1, 0.15) is 13.8 Å². The minimum atomic E-state index is 0.561. The molecule has 3 nitrogen and oxygen atoms in total. The van der Waals surface area contributed by atoms with Crippen molar-refractivity contribution in [2.45, 2.75) is 13.8 Å². The molecule has 0 bridgehead atoms. The van der Waals surface area contributed by atoms with Crippen molar-refractivity contribution in [1.29, 1.82) is 0 Å². The normalized spacial score (nSPS) is 9.15. The van der Waals surface area contributed by atoms with Gasteiger partial charge in [-0.25, -0.2) is 0 Å². The number of benzene rings is 1. The van der Waals surface area contributed by atoms with Crippen molar-refractivity contribution in [1.82, 2.24) is 4.98 Å². The lowest BCUT2D eigenvalue weighted by Crippen LogP contribution is -1.85. The highest BCUT2D eigenvalue weighted by molar-refractivity contribution is 5.73. The number of aromatic nitrogens is 1. The van der Waals surface area contributed by atoms with E-state index in [4.69, 9.17) is 4.42 Å². The Hall–Kier alpha value is -1.51. The van der Waals surface area contributed by atoms with Crippen molar-refractivity contribution in [3.8, 4) is 0 Å². The van der Waals surface area contributed by atoms with E-state index in [1.54, 1.807) is 7.05 Å². The summed E-state index contributed by atoms with van der Waals surface area (Å²) in [5.41, 5.74) is 1.70. The van der Waals surface area contributed by atoms with Crippen molar-refractivity contribution in [2.24, 2.45) is 0 Å². The van der Waals surface area contributed by atoms with Gasteiger partial charge in [0.1, 0.15) is 5.52 Å². The SMILES string of the molecule is CC.CNc1nc2ccccc2o1. The molecule has 2 rings (SSSR count). The molecule has 1 heterocycles. The van der Waals surface area contributed by atoms with Crippen molar-refractivity contribution in [3.63, 3.8) is 0 Å². The lowest BCUT2D eigenvalue weighted by Gasteiger charge is -1.84. The molecule has 0 saturated carbocycles. The van der Waals surface area contributed by atoms with Crippen LogP contribution >= 0.6 is 0 Å². The molecule has 1 N–H and O–H groups in total. The third kappa shape index (κ3) is 1.99. The van der Waals surface area contributed by atoms with Gasteiger partial charge < -0.3 is 9.73 Å². The fourth-order valence-electron chi connectivity index (χ4n) is 0.979. The standard InChI is InChI=1S/C8H8N2O.C2H6/c1-9-8-10-6-4-2-3-5-7(6)11-8;1-2/h2-5H,1H3,(H,9,10);1-2H3. The Morgan fingerprint density at radius 3 is 2.54 bits per heavy atom. The summed E-state index contributed by atoms with van der Waals surface area (Å²) in [4.78, 5) is 4.15. The minimum Gasteiger partial charge on any atom is -0.424 e. The van der Waals surface area contributed by atoms with E-state index in [2.05, 4.69) is 10.3 Å². The summed E-state index contributed by atoms with van der Waals surface area (Å²) in [5.74, 6) is 0. The van der Waals surface area contributed by atoms with E-state index < -0.39 is 0 Å². The maximum Gasteiger partial charge on any atom is 0.295 e. The van der Waals surface area contributed by atoms with E-state index in [0.717, 1.165) is 11.1 Å². The lowest BCUT2D eigenvalue weighted by molar-refractivity contribution is 0.620. The van der Waals surface area contributed by atoms with E-state index in [9.17, 15) is 0 Å². The first kappa shape index (κ1) is 9.58. The Morgan fingerprint density at radius 2 is 1.92 bits per heavy atom. The molecule has 0 fully saturated rings. The van der Waals surface area contributed by atoms with Gasteiger partial charge >= 0.3 is 0 Å². The summed E-state index contributed by atoms with van der Waals surface area (Å²) >= 11 is 0. The smallest absolute Gasteiger partial charge is 0.295 e. The Labute approximate surface area is 77.8 Å². The molecule has 0 spiro atoms. The van der Waals surface area contributed by atoms with Gasteiger partial charge in [-0.3, -0.25) is 0 Å². The lowest BCUT2D eigenvalue weighted by atomic mass is 10.3. The number of para-hydroxylation sites is 2. The molecular formula is C10H14N2O. The van der Waals surface area contributed by atoms with Crippen LogP contribution in [0.5, 0.6) is 0 Å². The molecule has 0 aliphatic heterocycles. The first-order chi connectivity index (χ1) is 6.40. The van der Waals surface area contributed by atoms with Gasteiger partial charge in [-0.15, -0.1) is 0 Å². The predicted molar refractivity (Wildman–Crippen MR) is 54.9 cm³/mol. The Balaban J connectivity index is 0.000000396. The number of rotatable bonds is 1. The minimum absolute atomic E-state index is 0.561. The Kier molecular flexibility index (Phi) is 3.31. The molecule has 70 valence electrons. The summed E-state index contributed by atoms with van der Waals surface area (Å²) < 4.78 is 5.29. The topological polar surface area (TPSA) is 38.1 Å². The highest BCUT2D eigenvalue weighted by Crippen LogP contribution is 2.16. The number of nitrogens with one attached hydrogen (secondary N) is 1. The molecule has 0 amide bonds. The number of fused-ring (bicyclic) bond motifs is 1. The van der Waals surface area contributed by atoms with Crippen LogP contribution in [0.3, 0.4) is 0 Å². The maximum absolute atomic E-state index is 5.29. The first-order valence-electron chi connectivity index (χ1n) is 4.43. The molecule has 0 aliphatic carbocycles. The van der Waals surface area contributed by atoms with E-state index >= 15 is 0 Å². The maximum atomic E-state index is 5.29. The van der Waals surface area contributed by atoms with Gasteiger partial charge in [0, 0.05) is 7.05 Å². The van der Waals surface area contributed by atoms with E-state index in [1.807, 2.05) is 38.1 Å². The quantitative estimate of drug-likeness (QED) is 0.729. The van der Waals surface area contributed by atoms with Crippen molar-refractivity contribution in [2.75, 3.05) is 12.4 Å². The van der Waals surface area contributed by atoms with Gasteiger partial charge in [0.2, 0.25) is 0 Å². The van der Waals surface area contributed by atoms with Gasteiger partial charge in [-0.05, 0) is 12.1 Å². The summed E-state index contributed by atoms with van der Waals surface area (Å²) in [6.07, 6.45) is 0. The zero-order valence-electron chi connectivity index (χ0n) is 8.16. The second-order valence-corrected chi connectivity index (χ2v) is 2.24.